The van der Waals surface area contributed by atoms with Gasteiger partial charge >= 0.3 is 18.3 Å². The summed E-state index contributed by atoms with van der Waals surface area (Å²) >= 11 is 12.5. The molecule has 1 N–H and O–H groups in total. The maximum Gasteiger partial charge on any atom is 0.453 e. The van der Waals surface area contributed by atoms with Crippen LogP contribution < -0.4 is 4.90 Å². The molecule has 1 spiro atoms. The monoisotopic (exact) mass is 655 g/mol. The van der Waals surface area contributed by atoms with Crippen molar-refractivity contribution in [2.75, 3.05) is 18.0 Å². The number of fused-ring (bicyclic) bond motifs is 1. The Morgan fingerprint density at radius 3 is 2.23 bits per heavy atom. The minimum Gasteiger partial charge on any atom is -0.477 e. The van der Waals surface area contributed by atoms with Crippen molar-refractivity contribution in [2.24, 2.45) is 5.41 Å². The van der Waals surface area contributed by atoms with E-state index in [2.05, 4.69) is 10.1 Å². The molecule has 1 aliphatic carbocycles. The van der Waals surface area contributed by atoms with E-state index in [1.807, 2.05) is 4.90 Å². The number of halogens is 8. The molecule has 1 aliphatic heterocycles. The van der Waals surface area contributed by atoms with Gasteiger partial charge in [-0.2, -0.15) is 26.3 Å². The molecule has 6 rings (SSSR count). The highest BCUT2D eigenvalue weighted by Crippen LogP contribution is 2.54. The van der Waals surface area contributed by atoms with E-state index in [0.29, 0.717) is 50.5 Å². The first kappa shape index (κ1) is 30.3. The number of rotatable bonds is 4. The Morgan fingerprint density at radius 2 is 1.64 bits per heavy atom. The van der Waals surface area contributed by atoms with Gasteiger partial charge in [-0.3, -0.25) is 0 Å². The van der Waals surface area contributed by atoms with Gasteiger partial charge < -0.3 is 14.5 Å². The topological polar surface area (TPSA) is 79.5 Å². The second-order valence-electron chi connectivity index (χ2n) is 11.1. The summed E-state index contributed by atoms with van der Waals surface area (Å²) in [6.07, 6.45) is -5.72. The molecule has 3 heterocycles. The number of anilines is 1. The molecule has 44 heavy (non-hydrogen) atoms. The van der Waals surface area contributed by atoms with Crippen molar-refractivity contribution >= 4 is 51.8 Å². The number of carbonyl (C=O) groups is 1. The highest BCUT2D eigenvalue weighted by Gasteiger charge is 2.45. The number of allylic oxidation sites excluding steroid dienone is 1. The van der Waals surface area contributed by atoms with Crippen molar-refractivity contribution in [3.8, 4) is 11.3 Å². The van der Waals surface area contributed by atoms with Crippen LogP contribution in [0.2, 0.25) is 10.0 Å². The molecule has 0 atom stereocenters. The lowest BCUT2D eigenvalue weighted by molar-refractivity contribution is -0.155. The fraction of sp³-hybridized carbons (Fsp3) is 0.300. The maximum atomic E-state index is 13.8. The van der Waals surface area contributed by atoms with Gasteiger partial charge in [-0.1, -0.05) is 40.0 Å². The van der Waals surface area contributed by atoms with E-state index < -0.39 is 35.3 Å². The van der Waals surface area contributed by atoms with Gasteiger partial charge in [0.25, 0.3) is 0 Å². The van der Waals surface area contributed by atoms with Crippen LogP contribution in [0.4, 0.5) is 32.0 Å². The molecule has 2 fully saturated rings. The smallest absolute Gasteiger partial charge is 0.453 e. The summed E-state index contributed by atoms with van der Waals surface area (Å²) in [6, 6.07) is 9.45. The van der Waals surface area contributed by atoms with Crippen molar-refractivity contribution in [2.45, 2.75) is 38.0 Å². The molecule has 0 unspecified atom stereocenters. The van der Waals surface area contributed by atoms with Crippen LogP contribution >= 0.6 is 23.2 Å². The normalized spacial score (nSPS) is 16.8. The molecule has 14 heteroatoms. The molecule has 0 amide bonds. The van der Waals surface area contributed by atoms with Gasteiger partial charge in [-0.25, -0.2) is 9.78 Å². The number of benzene rings is 2. The molecule has 230 valence electrons. The number of aromatic carboxylic acids is 1. The third-order valence-corrected chi connectivity index (χ3v) is 8.87. The predicted octanol–water partition coefficient (Wildman–Crippen LogP) is 9.40. The summed E-state index contributed by atoms with van der Waals surface area (Å²) < 4.78 is 87.5. The molecule has 6 nitrogen and oxygen atoms in total. The van der Waals surface area contributed by atoms with Crippen LogP contribution in [0.5, 0.6) is 0 Å². The van der Waals surface area contributed by atoms with E-state index in [0.717, 1.165) is 5.57 Å². The Labute approximate surface area is 255 Å². The van der Waals surface area contributed by atoms with Gasteiger partial charge in [0, 0.05) is 29.7 Å². The van der Waals surface area contributed by atoms with E-state index in [-0.39, 0.29) is 43.2 Å². The third kappa shape index (κ3) is 5.49. The molecule has 2 aliphatic rings. The lowest BCUT2D eigenvalue weighted by Gasteiger charge is -2.50. The minimum atomic E-state index is -4.80. The number of alkyl halides is 6. The molecule has 0 bridgehead atoms. The van der Waals surface area contributed by atoms with E-state index in [9.17, 15) is 36.2 Å². The number of carboxylic acids is 1. The first-order chi connectivity index (χ1) is 20.6. The number of hydrogen-bond donors (Lipinski definition) is 1. The zero-order chi connectivity index (χ0) is 31.6. The molecule has 4 aromatic rings. The van der Waals surface area contributed by atoms with Crippen molar-refractivity contribution in [1.29, 1.82) is 0 Å². The summed E-state index contributed by atoms with van der Waals surface area (Å²) in [6.45, 7) is 1.03. The van der Waals surface area contributed by atoms with Crippen molar-refractivity contribution in [3.05, 3.63) is 80.7 Å². The predicted molar refractivity (Wildman–Crippen MR) is 152 cm³/mol. The second-order valence-corrected chi connectivity index (χ2v) is 11.9. The average Bonchev–Trinajstić information content (AvgIpc) is 3.34. The molecular weight excluding hydrogens is 635 g/mol. The van der Waals surface area contributed by atoms with Crippen LogP contribution in [-0.4, -0.2) is 34.3 Å². The van der Waals surface area contributed by atoms with Gasteiger partial charge in [0.2, 0.25) is 5.76 Å². The number of hydrogen-bond acceptors (Lipinski definition) is 5. The Balaban J connectivity index is 1.22. The van der Waals surface area contributed by atoms with Crippen LogP contribution in [-0.2, 0) is 12.4 Å². The number of pyridine rings is 1. The first-order valence-corrected chi connectivity index (χ1v) is 14.1. The molecule has 0 radical (unpaired) electrons. The van der Waals surface area contributed by atoms with Gasteiger partial charge in [-0.05, 0) is 73.6 Å². The average molecular weight is 656 g/mol. The Morgan fingerprint density at radius 1 is 0.977 bits per heavy atom. The van der Waals surface area contributed by atoms with Gasteiger partial charge in [0.1, 0.15) is 11.4 Å². The third-order valence-electron chi connectivity index (χ3n) is 8.24. The zero-order valence-corrected chi connectivity index (χ0v) is 24.0. The highest BCUT2D eigenvalue weighted by atomic mass is 35.5. The molecular formula is C30H21Cl2F6N3O3. The van der Waals surface area contributed by atoms with E-state index >= 15 is 0 Å². The fourth-order valence-corrected chi connectivity index (χ4v) is 6.68. The van der Waals surface area contributed by atoms with E-state index in [4.69, 9.17) is 27.7 Å². The van der Waals surface area contributed by atoms with Crippen LogP contribution in [0, 0.1) is 5.41 Å². The molecule has 1 saturated carbocycles. The molecule has 1 saturated heterocycles. The Bertz CT molecular complexity index is 1800. The zero-order valence-electron chi connectivity index (χ0n) is 22.5. The summed E-state index contributed by atoms with van der Waals surface area (Å²) in [4.78, 5) is 17.1. The van der Waals surface area contributed by atoms with Crippen LogP contribution in [0.15, 0.2) is 52.6 Å². The van der Waals surface area contributed by atoms with Gasteiger partial charge in [0.15, 0.2) is 0 Å². The minimum absolute atomic E-state index is 0.0763. The second kappa shape index (κ2) is 10.7. The summed E-state index contributed by atoms with van der Waals surface area (Å²) in [5.74, 6) is -2.80. The fourth-order valence-electron chi connectivity index (χ4n) is 6.11. The SMILES string of the molecule is O=C(O)c1cc(C(F)(F)F)c2cc(N3CCC4(CC3)CC(=Cc3c(-c5c(Cl)cccc5Cl)noc3C(F)(F)F)C4)ccc2n1. The quantitative estimate of drug-likeness (QED) is 0.221. The molecule has 2 aromatic carbocycles. The lowest BCUT2D eigenvalue weighted by Crippen LogP contribution is -2.44. The number of piperidine rings is 1. The Hall–Kier alpha value is -3.77. The number of aromatic nitrogens is 2. The first-order valence-electron chi connectivity index (χ1n) is 13.4. The number of nitrogens with zero attached hydrogens (tertiary/aromatic N) is 3. The van der Waals surface area contributed by atoms with Gasteiger partial charge in [0.05, 0.1) is 26.7 Å². The van der Waals surface area contributed by atoms with Crippen molar-refractivity contribution in [3.63, 3.8) is 0 Å². The maximum absolute atomic E-state index is 13.8. The van der Waals surface area contributed by atoms with Crippen LogP contribution in [0.3, 0.4) is 0 Å². The van der Waals surface area contributed by atoms with E-state index in [1.54, 1.807) is 12.1 Å². The van der Waals surface area contributed by atoms with Crippen molar-refractivity contribution in [1.82, 2.24) is 10.1 Å². The van der Waals surface area contributed by atoms with Crippen LogP contribution in [0.25, 0.3) is 28.2 Å². The summed E-state index contributed by atoms with van der Waals surface area (Å²) in [7, 11) is 0. The van der Waals surface area contributed by atoms with E-state index in [1.165, 1.54) is 30.3 Å². The number of carboxylic acid groups (broad SMARTS) is 1. The molecule has 2 aromatic heterocycles. The Kier molecular flexibility index (Phi) is 7.35. The largest absolute Gasteiger partial charge is 0.477 e. The summed E-state index contributed by atoms with van der Waals surface area (Å²) in [5, 5.41) is 12.9. The standard InChI is InChI=1S/C30H21Cl2F6N3O3/c31-20-2-1-3-21(32)24(20)25-18(26(44-40-25)30(36,37)38)10-15-13-28(14-15)6-8-41(9-7-28)16-4-5-22-17(11-16)19(29(33,34)35)12-23(39-22)27(42)43/h1-5,10-12H,6-9,13-14H2,(H,42,43). The van der Waals surface area contributed by atoms with Crippen LogP contribution in [0.1, 0.15) is 53.1 Å². The highest BCUT2D eigenvalue weighted by molar-refractivity contribution is 6.39. The lowest BCUT2D eigenvalue weighted by atomic mass is 9.60. The summed E-state index contributed by atoms with van der Waals surface area (Å²) in [5.41, 5.74) is -0.894. The van der Waals surface area contributed by atoms with Crippen molar-refractivity contribution < 1.29 is 40.8 Å². The van der Waals surface area contributed by atoms with Gasteiger partial charge in [-0.15, -0.1) is 0 Å².